The number of Topliss-reactive ketones (excluding diaryl/α,β-unsaturated/α-hetero) is 1. The quantitative estimate of drug-likeness (QED) is 0.771. The van der Waals surface area contributed by atoms with Crippen LogP contribution in [0.2, 0.25) is 0 Å². The molecule has 3 atom stereocenters. The number of nitrogens with zero attached hydrogens (tertiary/aromatic N) is 1. The van der Waals surface area contributed by atoms with E-state index in [-0.39, 0.29) is 5.78 Å². The Hall–Kier alpha value is -1.88. The van der Waals surface area contributed by atoms with Crippen LogP contribution in [0.1, 0.15) is 44.6 Å². The van der Waals surface area contributed by atoms with Crippen LogP contribution in [0.3, 0.4) is 0 Å². The molecule has 2 nitrogen and oxygen atoms in total. The molecule has 1 saturated carbocycles. The molecule has 1 fully saturated rings. The lowest BCUT2D eigenvalue weighted by molar-refractivity contribution is -0.128. The fourth-order valence-electron chi connectivity index (χ4n) is 4.21. The predicted molar refractivity (Wildman–Crippen MR) is 82.5 cm³/mol. The van der Waals surface area contributed by atoms with Crippen LogP contribution in [0.5, 0.6) is 0 Å². The predicted octanol–water partition coefficient (Wildman–Crippen LogP) is 4.25. The molecule has 2 heteroatoms. The maximum atomic E-state index is 12.4. The van der Waals surface area contributed by atoms with E-state index in [1.54, 1.807) is 0 Å². The third-order valence-corrected chi connectivity index (χ3v) is 5.43. The summed E-state index contributed by atoms with van der Waals surface area (Å²) in [6, 6.07) is 12.7. The van der Waals surface area contributed by atoms with Crippen molar-refractivity contribution in [3.63, 3.8) is 0 Å². The second-order valence-electron chi connectivity index (χ2n) is 6.93. The summed E-state index contributed by atoms with van der Waals surface area (Å²) in [7, 11) is 0. The van der Waals surface area contributed by atoms with Crippen LogP contribution in [-0.2, 0) is 4.79 Å². The molecule has 108 valence electrons. The first-order valence-electron chi connectivity index (χ1n) is 7.75. The fourth-order valence-corrected chi connectivity index (χ4v) is 4.21. The van der Waals surface area contributed by atoms with E-state index in [1.165, 1.54) is 5.56 Å². The lowest BCUT2D eigenvalue weighted by atomic mass is 9.57. The number of carbonyl (C=O) groups excluding carboxylic acids is 1. The lowest BCUT2D eigenvalue weighted by Crippen LogP contribution is -2.43. The molecule has 0 N–H and O–H groups in total. The molecule has 0 radical (unpaired) electrons. The summed E-state index contributed by atoms with van der Waals surface area (Å²) in [6.45, 7) is 4.03. The van der Waals surface area contributed by atoms with Crippen LogP contribution in [0.4, 0.5) is 0 Å². The number of ketones is 1. The van der Waals surface area contributed by atoms with Crippen molar-refractivity contribution < 1.29 is 4.79 Å². The average Bonchev–Trinajstić information content (AvgIpc) is 2.51. The second kappa shape index (κ2) is 5.15. The molecule has 3 unspecified atom stereocenters. The average molecular weight is 279 g/mol. The van der Waals surface area contributed by atoms with Gasteiger partial charge < -0.3 is 0 Å². The first kappa shape index (κ1) is 14.1. The van der Waals surface area contributed by atoms with Gasteiger partial charge in [-0.25, -0.2) is 0 Å². The highest BCUT2D eigenvalue weighted by Gasteiger charge is 2.47. The number of fused-ring (bicyclic) bond motifs is 1. The molecular weight excluding hydrogens is 258 g/mol. The smallest absolute Gasteiger partial charge is 0.178 e. The van der Waals surface area contributed by atoms with Crippen LogP contribution in [0.25, 0.3) is 0 Å². The molecule has 0 aromatic heterocycles. The highest BCUT2D eigenvalue weighted by atomic mass is 16.1. The van der Waals surface area contributed by atoms with Gasteiger partial charge in [0.2, 0.25) is 0 Å². The normalized spacial score (nSPS) is 31.0. The van der Waals surface area contributed by atoms with Crippen LogP contribution in [-0.4, -0.2) is 5.78 Å². The van der Waals surface area contributed by atoms with Gasteiger partial charge in [-0.05, 0) is 42.6 Å². The molecule has 0 bridgehead atoms. The number of hydrogen-bond donors (Lipinski definition) is 0. The summed E-state index contributed by atoms with van der Waals surface area (Å²) in [5.74, 6) is 1.31. The minimum absolute atomic E-state index is 0.0319. The van der Waals surface area contributed by atoms with Crippen molar-refractivity contribution >= 4 is 5.78 Å². The molecule has 0 heterocycles. The third-order valence-electron chi connectivity index (χ3n) is 5.43. The third kappa shape index (κ3) is 2.31. The largest absolute Gasteiger partial charge is 0.293 e. The van der Waals surface area contributed by atoms with Gasteiger partial charge in [0.1, 0.15) is 6.07 Å². The van der Waals surface area contributed by atoms with E-state index in [4.69, 9.17) is 0 Å². The summed E-state index contributed by atoms with van der Waals surface area (Å²) in [4.78, 5) is 12.4. The Morgan fingerprint density at radius 2 is 1.90 bits per heavy atom. The SMILES string of the molecule is CC1(C)C(=O)C(C#N)=CC2CC(c3ccccc3)CCC21. The molecule has 1 aromatic rings. The van der Waals surface area contributed by atoms with Crippen molar-refractivity contribution in [2.45, 2.75) is 39.0 Å². The molecule has 0 amide bonds. The van der Waals surface area contributed by atoms with Gasteiger partial charge in [0.15, 0.2) is 5.78 Å². The van der Waals surface area contributed by atoms with Crippen molar-refractivity contribution in [2.24, 2.45) is 17.3 Å². The van der Waals surface area contributed by atoms with E-state index in [0.717, 1.165) is 19.3 Å². The summed E-state index contributed by atoms with van der Waals surface area (Å²) in [5, 5.41) is 9.23. The van der Waals surface area contributed by atoms with Gasteiger partial charge in [-0.1, -0.05) is 50.3 Å². The number of rotatable bonds is 1. The molecule has 3 rings (SSSR count). The van der Waals surface area contributed by atoms with Crippen molar-refractivity contribution in [1.82, 2.24) is 0 Å². The maximum Gasteiger partial charge on any atom is 0.178 e. The zero-order chi connectivity index (χ0) is 15.0. The van der Waals surface area contributed by atoms with E-state index in [1.807, 2.05) is 26.0 Å². The molecule has 2 aliphatic rings. The molecule has 2 aliphatic carbocycles. The lowest BCUT2D eigenvalue weighted by Gasteiger charge is -2.45. The van der Waals surface area contributed by atoms with Crippen LogP contribution < -0.4 is 0 Å². The Bertz CT molecular complexity index is 621. The number of benzene rings is 1. The fraction of sp³-hybridized carbons (Fsp3) is 0.474. The van der Waals surface area contributed by atoms with E-state index in [2.05, 4.69) is 30.3 Å². The second-order valence-corrected chi connectivity index (χ2v) is 6.93. The first-order chi connectivity index (χ1) is 10.0. The van der Waals surface area contributed by atoms with Crippen LogP contribution in [0.15, 0.2) is 42.0 Å². The first-order valence-corrected chi connectivity index (χ1v) is 7.75. The van der Waals surface area contributed by atoms with Crippen molar-refractivity contribution in [2.75, 3.05) is 0 Å². The standard InChI is InChI=1S/C19H21NO/c1-19(2)17-9-8-14(13-6-4-3-5-7-13)10-15(17)11-16(12-20)18(19)21/h3-7,11,14-15,17H,8-10H2,1-2H3. The zero-order valence-corrected chi connectivity index (χ0v) is 12.7. The molecule has 0 aliphatic heterocycles. The van der Waals surface area contributed by atoms with E-state index in [0.29, 0.717) is 23.3 Å². The Labute approximate surface area is 126 Å². The molecule has 21 heavy (non-hydrogen) atoms. The monoisotopic (exact) mass is 279 g/mol. The van der Waals surface area contributed by atoms with Gasteiger partial charge in [0, 0.05) is 5.41 Å². The highest BCUT2D eigenvalue weighted by molar-refractivity contribution is 6.03. The molecular formula is C19H21NO. The summed E-state index contributed by atoms with van der Waals surface area (Å²) >= 11 is 0. The van der Waals surface area contributed by atoms with Crippen LogP contribution >= 0.6 is 0 Å². The Balaban J connectivity index is 1.90. The number of nitriles is 1. The summed E-state index contributed by atoms with van der Waals surface area (Å²) in [6.07, 6.45) is 5.21. The zero-order valence-electron chi connectivity index (χ0n) is 12.7. The van der Waals surface area contributed by atoms with Gasteiger partial charge in [-0.3, -0.25) is 4.79 Å². The van der Waals surface area contributed by atoms with Gasteiger partial charge in [0.05, 0.1) is 5.57 Å². The summed E-state index contributed by atoms with van der Waals surface area (Å²) < 4.78 is 0. The van der Waals surface area contributed by atoms with Gasteiger partial charge in [0.25, 0.3) is 0 Å². The maximum absolute atomic E-state index is 12.4. The summed E-state index contributed by atoms with van der Waals surface area (Å²) in [5.41, 5.74) is 1.36. The van der Waals surface area contributed by atoms with Gasteiger partial charge in [-0.2, -0.15) is 5.26 Å². The van der Waals surface area contributed by atoms with Crippen LogP contribution in [0, 0.1) is 28.6 Å². The Kier molecular flexibility index (Phi) is 3.45. The Morgan fingerprint density at radius 1 is 1.19 bits per heavy atom. The molecule has 0 saturated heterocycles. The number of hydrogen-bond acceptors (Lipinski definition) is 2. The number of carbonyl (C=O) groups is 1. The Morgan fingerprint density at radius 3 is 2.57 bits per heavy atom. The minimum Gasteiger partial charge on any atom is -0.293 e. The van der Waals surface area contributed by atoms with Gasteiger partial charge in [-0.15, -0.1) is 0 Å². The van der Waals surface area contributed by atoms with E-state index in [9.17, 15) is 10.1 Å². The molecule has 0 spiro atoms. The van der Waals surface area contributed by atoms with E-state index >= 15 is 0 Å². The van der Waals surface area contributed by atoms with E-state index < -0.39 is 5.41 Å². The van der Waals surface area contributed by atoms with Crippen molar-refractivity contribution in [1.29, 1.82) is 5.26 Å². The highest BCUT2D eigenvalue weighted by Crippen LogP contribution is 2.51. The van der Waals surface area contributed by atoms with Crippen molar-refractivity contribution in [3.8, 4) is 6.07 Å². The topological polar surface area (TPSA) is 40.9 Å². The molecule has 1 aromatic carbocycles. The van der Waals surface area contributed by atoms with Crippen molar-refractivity contribution in [3.05, 3.63) is 47.5 Å². The number of allylic oxidation sites excluding steroid dienone is 2. The van der Waals surface area contributed by atoms with Gasteiger partial charge >= 0.3 is 0 Å². The minimum atomic E-state index is -0.397.